The quantitative estimate of drug-likeness (QED) is 0.701. The van der Waals surface area contributed by atoms with Crippen molar-refractivity contribution in [2.45, 2.75) is 24.3 Å². The third-order valence-corrected chi connectivity index (χ3v) is 5.63. The number of benzene rings is 1. The summed E-state index contributed by atoms with van der Waals surface area (Å²) in [5.41, 5.74) is 1.88. The van der Waals surface area contributed by atoms with Gasteiger partial charge in [0, 0.05) is 12.7 Å². The predicted octanol–water partition coefficient (Wildman–Crippen LogP) is 3.97. The molecule has 1 atom stereocenters. The van der Waals surface area contributed by atoms with Gasteiger partial charge in [-0.2, -0.15) is 0 Å². The van der Waals surface area contributed by atoms with Crippen LogP contribution < -0.4 is 5.32 Å². The van der Waals surface area contributed by atoms with Crippen LogP contribution in [0.15, 0.2) is 46.9 Å². The lowest BCUT2D eigenvalue weighted by atomic mass is 10.2. The van der Waals surface area contributed by atoms with Crippen LogP contribution >= 0.6 is 23.1 Å². The Balaban J connectivity index is 1.70. The number of hydrogen-bond acceptors (Lipinski definition) is 5. The molecule has 0 saturated carbocycles. The highest BCUT2D eigenvalue weighted by atomic mass is 32.2. The van der Waals surface area contributed by atoms with E-state index >= 15 is 0 Å². The number of nitrogens with zero attached hydrogens (tertiary/aromatic N) is 3. The van der Waals surface area contributed by atoms with Crippen LogP contribution in [0.5, 0.6) is 0 Å². The first-order chi connectivity index (χ1) is 11.6. The van der Waals surface area contributed by atoms with Crippen LogP contribution in [-0.4, -0.2) is 25.9 Å². The second kappa shape index (κ2) is 7.19. The second-order valence-corrected chi connectivity index (χ2v) is 7.66. The highest BCUT2D eigenvalue weighted by Crippen LogP contribution is 2.28. The van der Waals surface area contributed by atoms with Gasteiger partial charge in [0.25, 0.3) is 0 Å². The van der Waals surface area contributed by atoms with E-state index in [4.69, 9.17) is 0 Å². The van der Waals surface area contributed by atoms with Crippen LogP contribution in [0.1, 0.15) is 12.5 Å². The van der Waals surface area contributed by atoms with E-state index in [0.717, 1.165) is 27.1 Å². The largest absolute Gasteiger partial charge is 0.325 e. The molecule has 3 rings (SSSR count). The van der Waals surface area contributed by atoms with E-state index in [2.05, 4.69) is 15.5 Å². The molecule has 2 aromatic heterocycles. The summed E-state index contributed by atoms with van der Waals surface area (Å²) in [5.74, 6) is 0.772. The molecule has 0 aliphatic rings. The molecule has 1 N–H and O–H groups in total. The van der Waals surface area contributed by atoms with Crippen LogP contribution in [0.2, 0.25) is 0 Å². The van der Waals surface area contributed by atoms with Gasteiger partial charge in [-0.1, -0.05) is 36.0 Å². The average molecular weight is 358 g/mol. The number of carbonyl (C=O) groups is 1. The highest BCUT2D eigenvalue weighted by Gasteiger charge is 2.20. The number of aryl methyl sites for hydroxylation is 1. The highest BCUT2D eigenvalue weighted by molar-refractivity contribution is 8.00. The van der Waals surface area contributed by atoms with Crippen molar-refractivity contribution in [1.29, 1.82) is 0 Å². The number of thioether (sulfide) groups is 1. The zero-order valence-corrected chi connectivity index (χ0v) is 15.3. The lowest BCUT2D eigenvalue weighted by Crippen LogP contribution is -2.23. The number of anilines is 1. The Labute approximate surface area is 149 Å². The summed E-state index contributed by atoms with van der Waals surface area (Å²) in [6, 6.07) is 11.7. The van der Waals surface area contributed by atoms with Crippen molar-refractivity contribution in [3.05, 3.63) is 47.3 Å². The predicted molar refractivity (Wildman–Crippen MR) is 99.4 cm³/mol. The third kappa shape index (κ3) is 3.52. The van der Waals surface area contributed by atoms with Gasteiger partial charge in [-0.15, -0.1) is 21.5 Å². The van der Waals surface area contributed by atoms with Crippen molar-refractivity contribution in [2.24, 2.45) is 7.05 Å². The standard InChI is InChI=1S/C17H18N4OS2/c1-11-7-4-5-8-13(11)18-16(22)12(2)24-17-20-19-15(21(17)3)14-9-6-10-23-14/h4-10,12H,1-3H3,(H,18,22)/t12-/m1/s1. The zero-order chi connectivity index (χ0) is 17.1. The van der Waals surface area contributed by atoms with Gasteiger partial charge in [-0.25, -0.2) is 0 Å². The molecule has 0 radical (unpaired) electrons. The Hall–Kier alpha value is -2.12. The van der Waals surface area contributed by atoms with E-state index < -0.39 is 0 Å². The SMILES string of the molecule is Cc1ccccc1NC(=O)[C@@H](C)Sc1nnc(-c2cccs2)n1C. The van der Waals surface area contributed by atoms with E-state index in [0.29, 0.717) is 0 Å². The average Bonchev–Trinajstić information content (AvgIpc) is 3.20. The lowest BCUT2D eigenvalue weighted by molar-refractivity contribution is -0.115. The van der Waals surface area contributed by atoms with Gasteiger partial charge in [-0.3, -0.25) is 4.79 Å². The molecule has 0 aliphatic carbocycles. The molecule has 24 heavy (non-hydrogen) atoms. The number of hydrogen-bond donors (Lipinski definition) is 1. The zero-order valence-electron chi connectivity index (χ0n) is 13.7. The molecular weight excluding hydrogens is 340 g/mol. The first-order valence-electron chi connectivity index (χ1n) is 7.52. The molecule has 7 heteroatoms. The van der Waals surface area contributed by atoms with Gasteiger partial charge in [-0.05, 0) is 36.9 Å². The minimum Gasteiger partial charge on any atom is -0.325 e. The molecule has 0 bridgehead atoms. The van der Waals surface area contributed by atoms with Crippen LogP contribution in [-0.2, 0) is 11.8 Å². The van der Waals surface area contributed by atoms with E-state index in [1.165, 1.54) is 11.8 Å². The van der Waals surface area contributed by atoms with Gasteiger partial charge in [0.05, 0.1) is 10.1 Å². The van der Waals surface area contributed by atoms with Crippen molar-refractivity contribution in [2.75, 3.05) is 5.32 Å². The number of rotatable bonds is 5. The second-order valence-electron chi connectivity index (χ2n) is 5.41. The van der Waals surface area contributed by atoms with Crippen molar-refractivity contribution < 1.29 is 4.79 Å². The van der Waals surface area contributed by atoms with Gasteiger partial charge in [0.15, 0.2) is 11.0 Å². The van der Waals surface area contributed by atoms with Crippen molar-refractivity contribution in [3.8, 4) is 10.7 Å². The summed E-state index contributed by atoms with van der Waals surface area (Å²) in [6.07, 6.45) is 0. The van der Waals surface area contributed by atoms with E-state index in [1.807, 2.05) is 67.2 Å². The van der Waals surface area contributed by atoms with Gasteiger partial charge in [0.1, 0.15) is 0 Å². The van der Waals surface area contributed by atoms with Crippen molar-refractivity contribution >= 4 is 34.7 Å². The maximum atomic E-state index is 12.4. The Bertz CT molecular complexity index is 842. The molecule has 0 fully saturated rings. The Kier molecular flexibility index (Phi) is 5.01. The molecule has 0 unspecified atom stereocenters. The number of para-hydroxylation sites is 1. The number of carbonyl (C=O) groups excluding carboxylic acids is 1. The van der Waals surface area contributed by atoms with Gasteiger partial charge < -0.3 is 9.88 Å². The fourth-order valence-electron chi connectivity index (χ4n) is 2.20. The fourth-order valence-corrected chi connectivity index (χ4v) is 3.76. The molecule has 2 heterocycles. The summed E-state index contributed by atoms with van der Waals surface area (Å²) in [5, 5.41) is 13.9. The minimum absolute atomic E-state index is 0.0463. The van der Waals surface area contributed by atoms with E-state index in [9.17, 15) is 4.79 Å². The Morgan fingerprint density at radius 3 is 2.75 bits per heavy atom. The first-order valence-corrected chi connectivity index (χ1v) is 9.28. The molecule has 124 valence electrons. The van der Waals surface area contributed by atoms with Gasteiger partial charge in [0.2, 0.25) is 5.91 Å². The number of amides is 1. The monoisotopic (exact) mass is 358 g/mol. The molecular formula is C17H18N4OS2. The maximum Gasteiger partial charge on any atom is 0.237 e. The maximum absolute atomic E-state index is 12.4. The van der Waals surface area contributed by atoms with Crippen LogP contribution in [0, 0.1) is 6.92 Å². The topological polar surface area (TPSA) is 59.8 Å². The van der Waals surface area contributed by atoms with Crippen molar-refractivity contribution in [3.63, 3.8) is 0 Å². The normalized spacial score (nSPS) is 12.1. The number of nitrogens with one attached hydrogen (secondary N) is 1. The minimum atomic E-state index is -0.274. The number of thiophene rings is 1. The smallest absolute Gasteiger partial charge is 0.237 e. The Morgan fingerprint density at radius 2 is 2.04 bits per heavy atom. The number of aromatic nitrogens is 3. The van der Waals surface area contributed by atoms with Gasteiger partial charge >= 0.3 is 0 Å². The van der Waals surface area contributed by atoms with E-state index in [-0.39, 0.29) is 11.2 Å². The van der Waals surface area contributed by atoms with Crippen LogP contribution in [0.25, 0.3) is 10.7 Å². The molecule has 0 spiro atoms. The summed E-state index contributed by atoms with van der Waals surface area (Å²) in [4.78, 5) is 13.5. The van der Waals surface area contributed by atoms with E-state index in [1.54, 1.807) is 11.3 Å². The van der Waals surface area contributed by atoms with Crippen molar-refractivity contribution in [1.82, 2.24) is 14.8 Å². The Morgan fingerprint density at radius 1 is 1.25 bits per heavy atom. The van der Waals surface area contributed by atoms with Crippen LogP contribution in [0.3, 0.4) is 0 Å². The first kappa shape index (κ1) is 16.7. The molecule has 1 aromatic carbocycles. The molecule has 1 amide bonds. The molecule has 3 aromatic rings. The third-order valence-electron chi connectivity index (χ3n) is 3.63. The fraction of sp³-hybridized carbons (Fsp3) is 0.235. The van der Waals surface area contributed by atoms with Crippen LogP contribution in [0.4, 0.5) is 5.69 Å². The summed E-state index contributed by atoms with van der Waals surface area (Å²) >= 11 is 3.02. The summed E-state index contributed by atoms with van der Waals surface area (Å²) in [6.45, 7) is 3.85. The molecule has 0 saturated heterocycles. The summed E-state index contributed by atoms with van der Waals surface area (Å²) < 4.78 is 1.92. The summed E-state index contributed by atoms with van der Waals surface area (Å²) in [7, 11) is 1.92. The lowest BCUT2D eigenvalue weighted by Gasteiger charge is -2.13. The molecule has 0 aliphatic heterocycles. The molecule has 5 nitrogen and oxygen atoms in total.